The first kappa shape index (κ1) is 10.2. The summed E-state index contributed by atoms with van der Waals surface area (Å²) in [4.78, 5) is 10.5. The minimum absolute atomic E-state index is 0.135. The Morgan fingerprint density at radius 3 is 2.73 bits per heavy atom. The monoisotopic (exact) mass is 205 g/mol. The molecule has 0 aromatic heterocycles. The zero-order chi connectivity index (χ0) is 10.5. The fourth-order valence-corrected chi connectivity index (χ4v) is 1.44. The van der Waals surface area contributed by atoms with Crippen molar-refractivity contribution in [3.8, 4) is 5.75 Å². The molecule has 1 aliphatic rings. The summed E-state index contributed by atoms with van der Waals surface area (Å²) in [6.07, 6.45) is 6.38. The van der Waals surface area contributed by atoms with E-state index in [0.717, 1.165) is 18.6 Å². The molecule has 0 spiro atoms. The Morgan fingerprint density at radius 2 is 2.07 bits per heavy atom. The lowest BCUT2D eigenvalue weighted by molar-refractivity contribution is -0.130. The summed E-state index contributed by atoms with van der Waals surface area (Å²) in [6, 6.07) is 7.78. The van der Waals surface area contributed by atoms with E-state index in [0.29, 0.717) is 0 Å². The lowest BCUT2D eigenvalue weighted by Crippen LogP contribution is -2.24. The van der Waals surface area contributed by atoms with Gasteiger partial charge in [-0.05, 0) is 37.5 Å². The first-order chi connectivity index (χ1) is 7.34. The normalized spacial score (nSPS) is 19.4. The number of aryl methyl sites for hydroxylation is 1. The summed E-state index contributed by atoms with van der Waals surface area (Å²) < 4.78 is 0. The second-order valence-electron chi connectivity index (χ2n) is 3.66. The van der Waals surface area contributed by atoms with E-state index in [1.807, 2.05) is 37.3 Å². The number of hydrogen-bond acceptors (Lipinski definition) is 3. The summed E-state index contributed by atoms with van der Waals surface area (Å²) in [5, 5.41) is 0. The van der Waals surface area contributed by atoms with Gasteiger partial charge in [0.1, 0.15) is 11.9 Å². The van der Waals surface area contributed by atoms with Gasteiger partial charge in [0.2, 0.25) is 0 Å². The van der Waals surface area contributed by atoms with Crippen LogP contribution in [0, 0.1) is 6.92 Å². The molecule has 1 atom stereocenters. The zero-order valence-electron chi connectivity index (χ0n) is 8.77. The molecule has 1 unspecified atom stereocenters. The maximum atomic E-state index is 5.28. The maximum Gasteiger partial charge on any atom is 0.150 e. The second-order valence-corrected chi connectivity index (χ2v) is 3.66. The number of benzene rings is 1. The predicted molar refractivity (Wildman–Crippen MR) is 58.2 cm³/mol. The van der Waals surface area contributed by atoms with Gasteiger partial charge in [0.25, 0.3) is 0 Å². The molecule has 15 heavy (non-hydrogen) atoms. The second kappa shape index (κ2) is 4.96. The first-order valence-corrected chi connectivity index (χ1v) is 5.15. The number of allylic oxidation sites excluding steroid dienone is 1. The highest BCUT2D eigenvalue weighted by molar-refractivity contribution is 5.25. The van der Waals surface area contributed by atoms with Crippen molar-refractivity contribution in [1.82, 2.24) is 5.64 Å². The number of rotatable bonds is 4. The molecule has 0 aliphatic heterocycles. The van der Waals surface area contributed by atoms with Crippen molar-refractivity contribution in [3.05, 3.63) is 42.0 Å². The Bertz CT molecular complexity index is 332. The van der Waals surface area contributed by atoms with E-state index in [2.05, 4.69) is 11.7 Å². The van der Waals surface area contributed by atoms with Crippen LogP contribution >= 0.6 is 0 Å². The van der Waals surface area contributed by atoms with E-state index in [-0.39, 0.29) is 6.10 Å². The average molecular weight is 205 g/mol. The van der Waals surface area contributed by atoms with Crippen molar-refractivity contribution in [2.75, 3.05) is 0 Å². The average Bonchev–Trinajstić information content (AvgIpc) is 2.74. The van der Waals surface area contributed by atoms with Crippen LogP contribution in [0.2, 0.25) is 0 Å². The highest BCUT2D eigenvalue weighted by Crippen LogP contribution is 2.13. The van der Waals surface area contributed by atoms with E-state index in [1.165, 1.54) is 5.56 Å². The van der Waals surface area contributed by atoms with Gasteiger partial charge in [0.15, 0.2) is 0 Å². The van der Waals surface area contributed by atoms with Crippen molar-refractivity contribution in [1.29, 1.82) is 0 Å². The van der Waals surface area contributed by atoms with Crippen LogP contribution < -0.4 is 10.5 Å². The van der Waals surface area contributed by atoms with Crippen LogP contribution in [0.5, 0.6) is 5.75 Å². The molecule has 0 saturated heterocycles. The van der Waals surface area contributed by atoms with E-state index < -0.39 is 0 Å². The van der Waals surface area contributed by atoms with Gasteiger partial charge >= 0.3 is 0 Å². The Hall–Kier alpha value is -1.32. The lowest BCUT2D eigenvalue weighted by atomic mass is 10.2. The van der Waals surface area contributed by atoms with Gasteiger partial charge in [-0.1, -0.05) is 29.8 Å². The van der Waals surface area contributed by atoms with Crippen molar-refractivity contribution < 1.29 is 9.68 Å². The summed E-state index contributed by atoms with van der Waals surface area (Å²) >= 11 is 0. The summed E-state index contributed by atoms with van der Waals surface area (Å²) in [5.41, 5.74) is 3.72. The Balaban J connectivity index is 1.73. The smallest absolute Gasteiger partial charge is 0.150 e. The van der Waals surface area contributed by atoms with Crippen molar-refractivity contribution in [2.45, 2.75) is 25.9 Å². The van der Waals surface area contributed by atoms with Gasteiger partial charge in [-0.15, -0.1) is 0 Å². The Labute approximate surface area is 89.6 Å². The van der Waals surface area contributed by atoms with Crippen LogP contribution in [0.4, 0.5) is 0 Å². The van der Waals surface area contributed by atoms with Gasteiger partial charge in [-0.25, -0.2) is 0 Å². The van der Waals surface area contributed by atoms with E-state index in [9.17, 15) is 0 Å². The van der Waals surface area contributed by atoms with Gasteiger partial charge < -0.3 is 4.84 Å². The molecule has 1 aromatic carbocycles. The summed E-state index contributed by atoms with van der Waals surface area (Å²) in [6.45, 7) is 2.04. The fraction of sp³-hybridized carbons (Fsp3) is 0.333. The topological polar surface area (TPSA) is 30.5 Å². The molecular weight excluding hydrogens is 190 g/mol. The molecule has 0 fully saturated rings. The molecule has 1 aliphatic carbocycles. The molecule has 80 valence electrons. The third kappa shape index (κ3) is 3.08. The van der Waals surface area contributed by atoms with Crippen LogP contribution in [-0.4, -0.2) is 6.10 Å². The first-order valence-electron chi connectivity index (χ1n) is 5.15. The van der Waals surface area contributed by atoms with Crippen LogP contribution in [0.15, 0.2) is 36.4 Å². The molecule has 1 N–H and O–H groups in total. The van der Waals surface area contributed by atoms with Crippen molar-refractivity contribution in [2.24, 2.45) is 0 Å². The molecule has 2 rings (SSSR count). The highest BCUT2D eigenvalue weighted by atomic mass is 16.9. The van der Waals surface area contributed by atoms with Crippen LogP contribution in [0.25, 0.3) is 0 Å². The molecular formula is C12H15NO2. The van der Waals surface area contributed by atoms with Crippen LogP contribution in [0.3, 0.4) is 0 Å². The van der Waals surface area contributed by atoms with Crippen LogP contribution in [0.1, 0.15) is 18.4 Å². The Kier molecular flexibility index (Phi) is 3.37. The third-order valence-corrected chi connectivity index (χ3v) is 2.35. The molecule has 3 nitrogen and oxygen atoms in total. The summed E-state index contributed by atoms with van der Waals surface area (Å²) in [7, 11) is 0. The third-order valence-electron chi connectivity index (χ3n) is 2.35. The molecule has 0 saturated carbocycles. The van der Waals surface area contributed by atoms with Gasteiger partial charge in [-0.3, -0.25) is 4.84 Å². The number of nitrogens with one attached hydrogen (secondary N) is 1. The predicted octanol–water partition coefficient (Wildman–Crippen LogP) is 2.53. The molecule has 3 heteroatoms. The molecule has 1 aromatic rings. The number of hydrogen-bond donors (Lipinski definition) is 1. The SMILES string of the molecule is Cc1ccc(ONOC2C=CCC2)cc1. The maximum absolute atomic E-state index is 5.28. The van der Waals surface area contributed by atoms with Crippen molar-refractivity contribution >= 4 is 0 Å². The molecule has 0 amide bonds. The Morgan fingerprint density at radius 1 is 1.27 bits per heavy atom. The van der Waals surface area contributed by atoms with E-state index in [1.54, 1.807) is 0 Å². The van der Waals surface area contributed by atoms with Crippen molar-refractivity contribution in [3.63, 3.8) is 0 Å². The van der Waals surface area contributed by atoms with Crippen LogP contribution in [-0.2, 0) is 4.84 Å². The van der Waals surface area contributed by atoms with Gasteiger partial charge in [0, 0.05) is 0 Å². The quantitative estimate of drug-likeness (QED) is 0.605. The molecule has 0 radical (unpaired) electrons. The van der Waals surface area contributed by atoms with E-state index in [4.69, 9.17) is 9.68 Å². The lowest BCUT2D eigenvalue weighted by Gasteiger charge is -2.10. The molecule has 0 heterocycles. The zero-order valence-corrected chi connectivity index (χ0v) is 8.77. The van der Waals surface area contributed by atoms with E-state index >= 15 is 0 Å². The largest absolute Gasteiger partial charge is 0.383 e. The fourth-order valence-electron chi connectivity index (χ4n) is 1.44. The van der Waals surface area contributed by atoms with Gasteiger partial charge in [-0.2, -0.15) is 0 Å². The van der Waals surface area contributed by atoms with Gasteiger partial charge in [0.05, 0.1) is 0 Å². The minimum atomic E-state index is 0.135. The standard InChI is InChI=1S/C12H15NO2/c1-10-6-8-12(9-7-10)15-13-14-11-4-2-3-5-11/h2,4,6-9,11,13H,3,5H2,1H3. The molecule has 0 bridgehead atoms. The summed E-state index contributed by atoms with van der Waals surface area (Å²) in [5.74, 6) is 0.752. The highest BCUT2D eigenvalue weighted by Gasteiger charge is 2.09. The minimum Gasteiger partial charge on any atom is -0.383 e.